The normalized spacial score (nSPS) is 19.4. The molecule has 2 aliphatic rings. The molecule has 2 saturated heterocycles. The van der Waals surface area contributed by atoms with Crippen LogP contribution in [0.25, 0.3) is 0 Å². The molecule has 36 heavy (non-hydrogen) atoms. The van der Waals surface area contributed by atoms with Gasteiger partial charge in [-0.15, -0.1) is 0 Å². The molecule has 0 spiro atoms. The quantitative estimate of drug-likeness (QED) is 0.383. The van der Waals surface area contributed by atoms with E-state index >= 15 is 0 Å². The van der Waals surface area contributed by atoms with Crippen molar-refractivity contribution in [1.82, 2.24) is 4.90 Å². The van der Waals surface area contributed by atoms with Crippen molar-refractivity contribution in [3.63, 3.8) is 0 Å². The van der Waals surface area contributed by atoms with E-state index in [0.29, 0.717) is 18.9 Å². The van der Waals surface area contributed by atoms with E-state index in [0.717, 1.165) is 63.8 Å². The minimum atomic E-state index is -4.28. The molecule has 2 aliphatic heterocycles. The summed E-state index contributed by atoms with van der Waals surface area (Å²) in [6, 6.07) is 15.3. The number of alkyl halides is 3. The van der Waals surface area contributed by atoms with Gasteiger partial charge in [-0.25, -0.2) is 0 Å². The third-order valence-corrected chi connectivity index (χ3v) is 8.06. The monoisotopic (exact) mass is 519 g/mol. The van der Waals surface area contributed by atoms with Crippen LogP contribution in [-0.4, -0.2) is 48.5 Å². The molecule has 0 radical (unpaired) electrons. The van der Waals surface area contributed by atoms with Gasteiger partial charge in [-0.3, -0.25) is 4.79 Å². The average Bonchev–Trinajstić information content (AvgIpc) is 2.88. The number of benzene rings is 2. The van der Waals surface area contributed by atoms with Crippen molar-refractivity contribution in [3.8, 4) is 0 Å². The van der Waals surface area contributed by atoms with Gasteiger partial charge in [0.15, 0.2) is 0 Å². The minimum absolute atomic E-state index is 0.106. The SMILES string of the molecule is CCc1ccc(N2CCC(CCC(=O)N3CCC[C@H](Nc4ccc(SC(F)(F)F)cc4)C3)CC2)cc1. The zero-order valence-electron chi connectivity index (χ0n) is 20.9. The standard InChI is InChI=1S/C28H36F3N3OS/c1-2-21-5-10-25(11-6-21)33-18-15-22(16-19-33)7-14-27(35)34-17-3-4-24(20-34)32-23-8-12-26(13-9-23)36-28(29,30)31/h5-6,8-13,22,24,32H,2-4,7,14-20H2,1H3/t24-/m0/s1. The second-order valence-corrected chi connectivity index (χ2v) is 11.0. The lowest BCUT2D eigenvalue weighted by Gasteiger charge is -2.35. The molecule has 0 bridgehead atoms. The van der Waals surface area contributed by atoms with Crippen LogP contribution < -0.4 is 10.2 Å². The molecule has 1 amide bonds. The van der Waals surface area contributed by atoms with Crippen molar-refractivity contribution in [1.29, 1.82) is 0 Å². The molecule has 2 aromatic rings. The van der Waals surface area contributed by atoms with Gasteiger partial charge in [0.2, 0.25) is 5.91 Å². The van der Waals surface area contributed by atoms with E-state index in [1.165, 1.54) is 23.4 Å². The topological polar surface area (TPSA) is 35.6 Å². The predicted molar refractivity (Wildman–Crippen MR) is 142 cm³/mol. The molecule has 2 aromatic carbocycles. The van der Waals surface area contributed by atoms with Gasteiger partial charge < -0.3 is 15.1 Å². The second kappa shape index (κ2) is 12.3. The van der Waals surface area contributed by atoms with E-state index in [-0.39, 0.29) is 28.6 Å². The van der Waals surface area contributed by atoms with Gasteiger partial charge in [0, 0.05) is 54.9 Å². The third-order valence-electron chi connectivity index (χ3n) is 7.32. The van der Waals surface area contributed by atoms with Crippen LogP contribution in [-0.2, 0) is 11.2 Å². The van der Waals surface area contributed by atoms with Gasteiger partial charge in [0.1, 0.15) is 0 Å². The molecule has 4 nitrogen and oxygen atoms in total. The number of rotatable bonds is 8. The minimum Gasteiger partial charge on any atom is -0.381 e. The summed E-state index contributed by atoms with van der Waals surface area (Å²) < 4.78 is 37.6. The Bertz CT molecular complexity index is 973. The number of amides is 1. The van der Waals surface area contributed by atoms with E-state index in [4.69, 9.17) is 0 Å². The fraction of sp³-hybridized carbons (Fsp3) is 0.536. The number of piperidine rings is 2. The number of hydrogen-bond acceptors (Lipinski definition) is 4. The maximum absolute atomic E-state index is 12.9. The Balaban J connectivity index is 1.19. The number of anilines is 2. The first-order valence-corrected chi connectivity index (χ1v) is 13.8. The van der Waals surface area contributed by atoms with Crippen LogP contribution in [0, 0.1) is 5.92 Å². The lowest BCUT2D eigenvalue weighted by atomic mass is 9.91. The number of nitrogens with one attached hydrogen (secondary N) is 1. The van der Waals surface area contributed by atoms with Gasteiger partial charge in [-0.05, 0) is 98.2 Å². The Morgan fingerprint density at radius 3 is 2.33 bits per heavy atom. The molecule has 0 saturated carbocycles. The van der Waals surface area contributed by atoms with Crippen LogP contribution in [0.4, 0.5) is 24.5 Å². The Morgan fingerprint density at radius 1 is 1.00 bits per heavy atom. The van der Waals surface area contributed by atoms with E-state index in [1.807, 2.05) is 4.90 Å². The average molecular weight is 520 g/mol. The summed E-state index contributed by atoms with van der Waals surface area (Å²) >= 11 is -0.106. The van der Waals surface area contributed by atoms with Crippen molar-refractivity contribution in [2.45, 2.75) is 68.3 Å². The van der Waals surface area contributed by atoms with Crippen LogP contribution >= 0.6 is 11.8 Å². The number of carbonyl (C=O) groups excluding carboxylic acids is 1. The third kappa shape index (κ3) is 7.82. The van der Waals surface area contributed by atoms with E-state index in [1.54, 1.807) is 12.1 Å². The van der Waals surface area contributed by atoms with Gasteiger partial charge in [0.05, 0.1) is 0 Å². The van der Waals surface area contributed by atoms with Crippen molar-refractivity contribution < 1.29 is 18.0 Å². The largest absolute Gasteiger partial charge is 0.446 e. The summed E-state index contributed by atoms with van der Waals surface area (Å²) in [4.78, 5) is 17.5. The lowest BCUT2D eigenvalue weighted by Crippen LogP contribution is -2.45. The first kappa shape index (κ1) is 26.7. The van der Waals surface area contributed by atoms with E-state index < -0.39 is 5.51 Å². The lowest BCUT2D eigenvalue weighted by molar-refractivity contribution is -0.132. The van der Waals surface area contributed by atoms with Gasteiger partial charge >= 0.3 is 5.51 Å². The number of nitrogens with zero attached hydrogens (tertiary/aromatic N) is 2. The van der Waals surface area contributed by atoms with Crippen molar-refractivity contribution in [2.75, 3.05) is 36.4 Å². The number of hydrogen-bond donors (Lipinski definition) is 1. The Hall–Kier alpha value is -2.35. The van der Waals surface area contributed by atoms with Crippen LogP contribution in [0.15, 0.2) is 53.4 Å². The fourth-order valence-corrected chi connectivity index (χ4v) is 5.76. The molecule has 1 N–H and O–H groups in total. The van der Waals surface area contributed by atoms with Gasteiger partial charge in [0.25, 0.3) is 0 Å². The van der Waals surface area contributed by atoms with Crippen LogP contribution in [0.2, 0.25) is 0 Å². The maximum atomic E-state index is 12.9. The number of halogens is 3. The van der Waals surface area contributed by atoms with Crippen molar-refractivity contribution in [3.05, 3.63) is 54.1 Å². The van der Waals surface area contributed by atoms with Gasteiger partial charge in [-0.1, -0.05) is 19.1 Å². The van der Waals surface area contributed by atoms with Crippen LogP contribution in [0.1, 0.15) is 51.0 Å². The molecular weight excluding hydrogens is 483 g/mol. The highest BCUT2D eigenvalue weighted by atomic mass is 32.2. The fourth-order valence-electron chi connectivity index (χ4n) is 5.22. The zero-order valence-corrected chi connectivity index (χ0v) is 21.7. The smallest absolute Gasteiger partial charge is 0.381 e. The van der Waals surface area contributed by atoms with E-state index in [9.17, 15) is 18.0 Å². The van der Waals surface area contributed by atoms with Crippen molar-refractivity contribution >= 4 is 29.0 Å². The highest BCUT2D eigenvalue weighted by Crippen LogP contribution is 2.37. The summed E-state index contributed by atoms with van der Waals surface area (Å²) in [5.74, 6) is 0.808. The predicted octanol–water partition coefficient (Wildman–Crippen LogP) is 6.96. The maximum Gasteiger partial charge on any atom is 0.446 e. The number of carbonyl (C=O) groups is 1. The molecule has 2 heterocycles. The molecule has 1 atom stereocenters. The molecule has 196 valence electrons. The summed E-state index contributed by atoms with van der Waals surface area (Å²) in [7, 11) is 0. The summed E-state index contributed by atoms with van der Waals surface area (Å²) in [6.07, 6.45) is 6.70. The Labute approximate surface area is 216 Å². The van der Waals surface area contributed by atoms with Crippen molar-refractivity contribution in [2.24, 2.45) is 5.92 Å². The number of likely N-dealkylation sites (tertiary alicyclic amines) is 1. The molecule has 0 aromatic heterocycles. The number of thioether (sulfide) groups is 1. The molecule has 4 rings (SSSR count). The summed E-state index contributed by atoms with van der Waals surface area (Å²) in [5, 5.41) is 3.40. The zero-order chi connectivity index (χ0) is 25.5. The molecular formula is C28H36F3N3OS. The highest BCUT2D eigenvalue weighted by molar-refractivity contribution is 8.00. The Kier molecular flexibility index (Phi) is 9.09. The van der Waals surface area contributed by atoms with Crippen LogP contribution in [0.3, 0.4) is 0 Å². The summed E-state index contributed by atoms with van der Waals surface area (Å²) in [5.41, 5.74) is -0.837. The summed E-state index contributed by atoms with van der Waals surface area (Å²) in [6.45, 7) is 5.68. The van der Waals surface area contributed by atoms with E-state index in [2.05, 4.69) is 41.4 Å². The van der Waals surface area contributed by atoms with Gasteiger partial charge in [-0.2, -0.15) is 13.2 Å². The first-order valence-electron chi connectivity index (χ1n) is 13.0. The molecule has 8 heteroatoms. The Morgan fingerprint density at radius 2 is 1.69 bits per heavy atom. The first-order chi connectivity index (χ1) is 17.3. The van der Waals surface area contributed by atoms with Crippen LogP contribution in [0.5, 0.6) is 0 Å². The molecule has 0 unspecified atom stereocenters. The number of aryl methyl sites for hydroxylation is 1. The second-order valence-electron chi connectivity index (χ2n) is 9.88. The molecule has 2 fully saturated rings. The molecule has 0 aliphatic carbocycles. The highest BCUT2D eigenvalue weighted by Gasteiger charge is 2.29.